The standard InChI is InChI=1S/C10H13NO2/c1-3-8(10(12)13)9-5-4-7(2)6-11-9/h4-6,8H,3H2,1-2H3,(H,12,13)/p-1. The Bertz CT molecular complexity index is 292. The van der Waals surface area contributed by atoms with E-state index in [-0.39, 0.29) is 0 Å². The van der Waals surface area contributed by atoms with Crippen LogP contribution >= 0.6 is 0 Å². The van der Waals surface area contributed by atoms with Crippen LogP contribution in [0.25, 0.3) is 0 Å². The Morgan fingerprint density at radius 1 is 1.62 bits per heavy atom. The second-order valence-corrected chi connectivity index (χ2v) is 3.04. The highest BCUT2D eigenvalue weighted by Gasteiger charge is 2.10. The first-order valence-corrected chi connectivity index (χ1v) is 4.28. The molecule has 0 radical (unpaired) electrons. The number of hydrogen-bond donors (Lipinski definition) is 0. The smallest absolute Gasteiger partial charge is 0.0504 e. The summed E-state index contributed by atoms with van der Waals surface area (Å²) in [5.74, 6) is -1.64. The van der Waals surface area contributed by atoms with E-state index in [1.807, 2.05) is 19.9 Å². The number of rotatable bonds is 3. The van der Waals surface area contributed by atoms with Crippen molar-refractivity contribution in [3.8, 4) is 0 Å². The van der Waals surface area contributed by atoms with Crippen molar-refractivity contribution in [2.24, 2.45) is 0 Å². The number of aryl methyl sites for hydroxylation is 1. The van der Waals surface area contributed by atoms with E-state index in [1.54, 1.807) is 12.3 Å². The van der Waals surface area contributed by atoms with Crippen LogP contribution in [-0.2, 0) is 4.79 Å². The molecule has 0 aliphatic heterocycles. The molecule has 1 aromatic heterocycles. The lowest BCUT2D eigenvalue weighted by molar-refractivity contribution is -0.308. The van der Waals surface area contributed by atoms with Crippen LogP contribution < -0.4 is 5.11 Å². The molecule has 70 valence electrons. The molecule has 0 N–H and O–H groups in total. The van der Waals surface area contributed by atoms with Crippen LogP contribution in [0.15, 0.2) is 18.3 Å². The summed E-state index contributed by atoms with van der Waals surface area (Å²) in [6.45, 7) is 3.72. The molecule has 3 heteroatoms. The average molecular weight is 178 g/mol. The normalized spacial score (nSPS) is 12.5. The Morgan fingerprint density at radius 3 is 2.69 bits per heavy atom. The molecule has 1 atom stereocenters. The van der Waals surface area contributed by atoms with Crippen molar-refractivity contribution in [1.82, 2.24) is 4.98 Å². The van der Waals surface area contributed by atoms with Crippen LogP contribution in [0, 0.1) is 6.92 Å². The first kappa shape index (κ1) is 9.71. The number of aliphatic carboxylic acids is 1. The van der Waals surface area contributed by atoms with Crippen molar-refractivity contribution in [2.75, 3.05) is 0 Å². The molecule has 0 spiro atoms. The van der Waals surface area contributed by atoms with Crippen LogP contribution in [-0.4, -0.2) is 11.0 Å². The summed E-state index contributed by atoms with van der Waals surface area (Å²) in [6, 6.07) is 3.59. The van der Waals surface area contributed by atoms with E-state index in [4.69, 9.17) is 0 Å². The lowest BCUT2D eigenvalue weighted by Crippen LogP contribution is -2.29. The molecule has 0 aliphatic rings. The molecule has 1 aromatic rings. The Kier molecular flexibility index (Phi) is 3.01. The fraction of sp³-hybridized carbons (Fsp3) is 0.400. The maximum Gasteiger partial charge on any atom is 0.0504 e. The number of aromatic nitrogens is 1. The van der Waals surface area contributed by atoms with Crippen molar-refractivity contribution < 1.29 is 9.90 Å². The van der Waals surface area contributed by atoms with Gasteiger partial charge in [0, 0.05) is 17.8 Å². The van der Waals surface area contributed by atoms with E-state index >= 15 is 0 Å². The highest BCUT2D eigenvalue weighted by molar-refractivity contribution is 5.73. The first-order chi connectivity index (χ1) is 6.15. The van der Waals surface area contributed by atoms with Crippen molar-refractivity contribution >= 4 is 5.97 Å². The molecule has 0 fully saturated rings. The van der Waals surface area contributed by atoms with Crippen LogP contribution in [0.4, 0.5) is 0 Å². The fourth-order valence-corrected chi connectivity index (χ4v) is 1.18. The van der Waals surface area contributed by atoms with Gasteiger partial charge in [-0.3, -0.25) is 4.98 Å². The third kappa shape index (κ3) is 2.28. The van der Waals surface area contributed by atoms with Gasteiger partial charge in [-0.05, 0) is 25.0 Å². The SMILES string of the molecule is CCC(C(=O)[O-])c1ccc(C)cn1. The van der Waals surface area contributed by atoms with E-state index in [2.05, 4.69) is 4.98 Å². The maximum atomic E-state index is 10.7. The number of hydrogen-bond acceptors (Lipinski definition) is 3. The van der Waals surface area contributed by atoms with Gasteiger partial charge in [-0.1, -0.05) is 13.0 Å². The van der Waals surface area contributed by atoms with Gasteiger partial charge in [0.2, 0.25) is 0 Å². The van der Waals surface area contributed by atoms with Gasteiger partial charge in [0.15, 0.2) is 0 Å². The van der Waals surface area contributed by atoms with E-state index < -0.39 is 11.9 Å². The average Bonchev–Trinajstić information content (AvgIpc) is 2.09. The molecular formula is C10H12NO2-. The molecule has 0 bridgehead atoms. The zero-order valence-electron chi connectivity index (χ0n) is 7.78. The van der Waals surface area contributed by atoms with Crippen molar-refractivity contribution in [2.45, 2.75) is 26.2 Å². The van der Waals surface area contributed by atoms with Crippen molar-refractivity contribution in [3.63, 3.8) is 0 Å². The van der Waals surface area contributed by atoms with Gasteiger partial charge in [0.25, 0.3) is 0 Å². The fourth-order valence-electron chi connectivity index (χ4n) is 1.18. The van der Waals surface area contributed by atoms with Crippen molar-refractivity contribution in [3.05, 3.63) is 29.6 Å². The summed E-state index contributed by atoms with van der Waals surface area (Å²) in [6.07, 6.45) is 2.18. The second kappa shape index (κ2) is 4.03. The predicted molar refractivity (Wildman–Crippen MR) is 47.0 cm³/mol. The summed E-state index contributed by atoms with van der Waals surface area (Å²) in [4.78, 5) is 14.7. The number of nitrogens with zero attached hydrogens (tertiary/aromatic N) is 1. The zero-order chi connectivity index (χ0) is 9.84. The van der Waals surface area contributed by atoms with Gasteiger partial charge in [0.05, 0.1) is 5.97 Å². The van der Waals surface area contributed by atoms with E-state index in [9.17, 15) is 9.90 Å². The van der Waals surface area contributed by atoms with E-state index in [0.717, 1.165) is 5.56 Å². The molecule has 1 heterocycles. The Labute approximate surface area is 77.4 Å². The van der Waals surface area contributed by atoms with Gasteiger partial charge < -0.3 is 9.90 Å². The Hall–Kier alpha value is -1.38. The highest BCUT2D eigenvalue weighted by Crippen LogP contribution is 2.16. The monoisotopic (exact) mass is 178 g/mol. The zero-order valence-corrected chi connectivity index (χ0v) is 7.78. The van der Waals surface area contributed by atoms with Crippen LogP contribution in [0.5, 0.6) is 0 Å². The molecule has 0 amide bonds. The minimum atomic E-state index is -1.06. The predicted octanol–water partition coefficient (Wildman–Crippen LogP) is 0.634. The second-order valence-electron chi connectivity index (χ2n) is 3.04. The van der Waals surface area contributed by atoms with Crippen LogP contribution in [0.1, 0.15) is 30.5 Å². The summed E-state index contributed by atoms with van der Waals surface area (Å²) in [7, 11) is 0. The van der Waals surface area contributed by atoms with Gasteiger partial charge in [-0.15, -0.1) is 0 Å². The first-order valence-electron chi connectivity index (χ1n) is 4.28. The highest BCUT2D eigenvalue weighted by atomic mass is 16.4. The van der Waals surface area contributed by atoms with Gasteiger partial charge in [-0.25, -0.2) is 0 Å². The molecule has 13 heavy (non-hydrogen) atoms. The number of carbonyl (C=O) groups excluding carboxylic acids is 1. The maximum absolute atomic E-state index is 10.7. The Morgan fingerprint density at radius 2 is 2.31 bits per heavy atom. The van der Waals surface area contributed by atoms with Gasteiger partial charge in [-0.2, -0.15) is 0 Å². The minimum absolute atomic E-state index is 0.512. The summed E-state index contributed by atoms with van der Waals surface area (Å²) in [5, 5.41) is 10.7. The largest absolute Gasteiger partial charge is 0.549 e. The third-order valence-electron chi connectivity index (χ3n) is 1.98. The van der Waals surface area contributed by atoms with Crippen molar-refractivity contribution in [1.29, 1.82) is 0 Å². The van der Waals surface area contributed by atoms with E-state index in [0.29, 0.717) is 12.1 Å². The molecule has 0 aliphatic carbocycles. The summed E-state index contributed by atoms with van der Waals surface area (Å²) >= 11 is 0. The molecular weight excluding hydrogens is 166 g/mol. The lowest BCUT2D eigenvalue weighted by Gasteiger charge is -2.14. The number of pyridine rings is 1. The lowest BCUT2D eigenvalue weighted by atomic mass is 10.0. The number of carbonyl (C=O) groups is 1. The third-order valence-corrected chi connectivity index (χ3v) is 1.98. The molecule has 0 saturated heterocycles. The minimum Gasteiger partial charge on any atom is -0.549 e. The van der Waals surface area contributed by atoms with Crippen LogP contribution in [0.2, 0.25) is 0 Å². The molecule has 0 saturated carbocycles. The quantitative estimate of drug-likeness (QED) is 0.682. The molecule has 1 unspecified atom stereocenters. The molecule has 1 rings (SSSR count). The topological polar surface area (TPSA) is 53.0 Å². The molecule has 3 nitrogen and oxygen atoms in total. The number of carboxylic acids is 1. The number of carboxylic acid groups (broad SMARTS) is 1. The summed E-state index contributed by atoms with van der Waals surface area (Å²) < 4.78 is 0. The molecule has 0 aromatic carbocycles. The van der Waals surface area contributed by atoms with E-state index in [1.165, 1.54) is 0 Å². The van der Waals surface area contributed by atoms with Gasteiger partial charge >= 0.3 is 0 Å². The van der Waals surface area contributed by atoms with Crippen LogP contribution in [0.3, 0.4) is 0 Å². The Balaban J connectivity index is 2.92. The summed E-state index contributed by atoms with van der Waals surface area (Å²) in [5.41, 5.74) is 1.60. The van der Waals surface area contributed by atoms with Gasteiger partial charge in [0.1, 0.15) is 0 Å².